The van der Waals surface area contributed by atoms with E-state index >= 15 is 0 Å². The highest BCUT2D eigenvalue weighted by Gasteiger charge is 2.15. The van der Waals surface area contributed by atoms with Gasteiger partial charge < -0.3 is 11.1 Å². The van der Waals surface area contributed by atoms with Crippen LogP contribution in [-0.4, -0.2) is 15.9 Å². The summed E-state index contributed by atoms with van der Waals surface area (Å²) in [6, 6.07) is 5.59. The van der Waals surface area contributed by atoms with Crippen LogP contribution in [0.15, 0.2) is 28.9 Å². The molecular weight excluding hydrogens is 332 g/mol. The van der Waals surface area contributed by atoms with Crippen molar-refractivity contribution in [2.75, 3.05) is 11.1 Å². The first-order valence-electron chi connectivity index (χ1n) is 6.58. The third-order valence-electron chi connectivity index (χ3n) is 3.00. The molecule has 0 spiro atoms. The highest BCUT2D eigenvalue weighted by atomic mass is 79.9. The van der Waals surface area contributed by atoms with Gasteiger partial charge >= 0.3 is 0 Å². The number of halogens is 1. The number of hydrogen-bond acceptors (Lipinski definition) is 4. The molecule has 21 heavy (non-hydrogen) atoms. The molecule has 6 heteroatoms. The maximum absolute atomic E-state index is 12.3. The van der Waals surface area contributed by atoms with E-state index in [9.17, 15) is 4.79 Å². The van der Waals surface area contributed by atoms with Gasteiger partial charge in [-0.15, -0.1) is 0 Å². The molecule has 110 valence electrons. The van der Waals surface area contributed by atoms with Gasteiger partial charge in [-0.05, 0) is 24.6 Å². The van der Waals surface area contributed by atoms with Crippen molar-refractivity contribution in [3.63, 3.8) is 0 Å². The van der Waals surface area contributed by atoms with E-state index in [2.05, 4.69) is 31.2 Å². The summed E-state index contributed by atoms with van der Waals surface area (Å²) >= 11 is 3.44. The second kappa shape index (κ2) is 6.22. The summed E-state index contributed by atoms with van der Waals surface area (Å²) in [5, 5.41) is 2.79. The largest absolute Gasteiger partial charge is 0.396 e. The molecule has 1 aromatic carbocycles. The zero-order valence-corrected chi connectivity index (χ0v) is 13.7. The Morgan fingerprint density at radius 1 is 1.38 bits per heavy atom. The maximum Gasteiger partial charge on any atom is 0.276 e. The molecule has 0 aliphatic carbocycles. The van der Waals surface area contributed by atoms with Crippen molar-refractivity contribution in [1.29, 1.82) is 0 Å². The van der Waals surface area contributed by atoms with Crippen molar-refractivity contribution >= 4 is 33.2 Å². The minimum atomic E-state index is -0.340. The second-order valence-electron chi connectivity index (χ2n) is 5.10. The Balaban J connectivity index is 2.27. The van der Waals surface area contributed by atoms with Crippen molar-refractivity contribution in [3.05, 3.63) is 46.0 Å². The van der Waals surface area contributed by atoms with E-state index in [-0.39, 0.29) is 23.2 Å². The van der Waals surface area contributed by atoms with Crippen LogP contribution < -0.4 is 11.1 Å². The van der Waals surface area contributed by atoms with Gasteiger partial charge in [-0.3, -0.25) is 4.79 Å². The average Bonchev–Trinajstić information content (AvgIpc) is 2.43. The Hall–Kier alpha value is -1.95. The number of nitrogens with two attached hydrogens (primary N) is 1. The van der Waals surface area contributed by atoms with E-state index in [1.807, 2.05) is 39.0 Å². The van der Waals surface area contributed by atoms with E-state index < -0.39 is 0 Å². The molecule has 3 N–H and O–H groups in total. The first-order valence-corrected chi connectivity index (χ1v) is 7.37. The predicted molar refractivity (Wildman–Crippen MR) is 87.4 cm³/mol. The van der Waals surface area contributed by atoms with Crippen LogP contribution in [0.25, 0.3) is 0 Å². The van der Waals surface area contributed by atoms with Gasteiger partial charge in [-0.2, -0.15) is 0 Å². The molecule has 0 unspecified atom stereocenters. The quantitative estimate of drug-likeness (QED) is 0.889. The first-order chi connectivity index (χ1) is 9.88. The summed E-state index contributed by atoms with van der Waals surface area (Å²) < 4.78 is 0.929. The molecule has 0 saturated heterocycles. The fraction of sp³-hybridized carbons (Fsp3) is 0.267. The van der Waals surface area contributed by atoms with Crippen molar-refractivity contribution in [1.82, 2.24) is 9.97 Å². The Bertz CT molecular complexity index is 685. The molecule has 2 rings (SSSR count). The number of aromatic nitrogens is 2. The van der Waals surface area contributed by atoms with Gasteiger partial charge in [0.15, 0.2) is 5.69 Å². The lowest BCUT2D eigenvalue weighted by Gasteiger charge is -2.10. The molecule has 0 radical (unpaired) electrons. The highest BCUT2D eigenvalue weighted by molar-refractivity contribution is 9.10. The fourth-order valence-electron chi connectivity index (χ4n) is 1.73. The zero-order valence-electron chi connectivity index (χ0n) is 12.1. The minimum absolute atomic E-state index is 0.130. The van der Waals surface area contributed by atoms with Gasteiger partial charge in [0, 0.05) is 16.1 Å². The first kappa shape index (κ1) is 15.4. The molecule has 0 saturated carbocycles. The van der Waals surface area contributed by atoms with Crippen LogP contribution >= 0.6 is 15.9 Å². The smallest absolute Gasteiger partial charge is 0.276 e. The van der Waals surface area contributed by atoms with Crippen LogP contribution in [0, 0.1) is 6.92 Å². The highest BCUT2D eigenvalue weighted by Crippen LogP contribution is 2.21. The lowest BCUT2D eigenvalue weighted by atomic mass is 10.2. The number of nitrogens with zero attached hydrogens (tertiary/aromatic N) is 2. The second-order valence-corrected chi connectivity index (χ2v) is 5.96. The number of hydrogen-bond donors (Lipinski definition) is 2. The molecule has 2 aromatic rings. The number of aryl methyl sites for hydroxylation is 1. The Labute approximate surface area is 132 Å². The third-order valence-corrected chi connectivity index (χ3v) is 3.85. The number of carbonyl (C=O) groups is 1. The fourth-order valence-corrected chi connectivity index (χ4v) is 2.10. The topological polar surface area (TPSA) is 80.9 Å². The van der Waals surface area contributed by atoms with Crippen molar-refractivity contribution < 1.29 is 4.79 Å². The molecule has 0 aliphatic heterocycles. The minimum Gasteiger partial charge on any atom is -0.396 e. The Morgan fingerprint density at radius 3 is 2.71 bits per heavy atom. The van der Waals surface area contributed by atoms with Gasteiger partial charge in [-0.25, -0.2) is 9.97 Å². The molecule has 1 heterocycles. The summed E-state index contributed by atoms with van der Waals surface area (Å²) in [4.78, 5) is 20.7. The van der Waals surface area contributed by atoms with Crippen molar-refractivity contribution in [2.24, 2.45) is 0 Å². The number of amides is 1. The Kier molecular flexibility index (Phi) is 4.57. The van der Waals surface area contributed by atoms with Gasteiger partial charge in [-0.1, -0.05) is 35.8 Å². The van der Waals surface area contributed by atoms with Crippen LogP contribution in [-0.2, 0) is 0 Å². The predicted octanol–water partition coefficient (Wildman–Crippen LogP) is 3.51. The van der Waals surface area contributed by atoms with Crippen molar-refractivity contribution in [3.8, 4) is 0 Å². The van der Waals surface area contributed by atoms with Gasteiger partial charge in [0.2, 0.25) is 0 Å². The third kappa shape index (κ3) is 3.58. The summed E-state index contributed by atoms with van der Waals surface area (Å²) in [5.74, 6) is 0.387. The molecule has 0 atom stereocenters. The number of nitrogen functional groups attached to an aromatic ring is 1. The summed E-state index contributed by atoms with van der Waals surface area (Å²) in [6.45, 7) is 5.90. The lowest BCUT2D eigenvalue weighted by molar-refractivity contribution is 0.102. The standard InChI is InChI=1S/C15H17BrN4O/c1-8(2)14-18-7-12(17)13(20-14)15(21)19-10-5-4-9(3)11(16)6-10/h4-8H,17H2,1-3H3,(H,19,21). The van der Waals surface area contributed by atoms with Crippen LogP contribution in [0.1, 0.15) is 41.6 Å². The molecule has 1 amide bonds. The van der Waals surface area contributed by atoms with E-state index in [0.717, 1.165) is 10.0 Å². The SMILES string of the molecule is Cc1ccc(NC(=O)c2nc(C(C)C)ncc2N)cc1Br. The zero-order chi connectivity index (χ0) is 15.6. The molecule has 0 bridgehead atoms. The van der Waals surface area contributed by atoms with E-state index in [1.165, 1.54) is 6.20 Å². The van der Waals surface area contributed by atoms with Gasteiger partial charge in [0.05, 0.1) is 11.9 Å². The van der Waals surface area contributed by atoms with Crippen LogP contribution in [0.2, 0.25) is 0 Å². The monoisotopic (exact) mass is 348 g/mol. The lowest BCUT2D eigenvalue weighted by Crippen LogP contribution is -2.18. The number of carbonyl (C=O) groups excluding carboxylic acids is 1. The van der Waals surface area contributed by atoms with E-state index in [4.69, 9.17) is 5.73 Å². The normalized spacial score (nSPS) is 10.7. The number of nitrogens with one attached hydrogen (secondary N) is 1. The van der Waals surface area contributed by atoms with E-state index in [0.29, 0.717) is 11.5 Å². The number of benzene rings is 1. The van der Waals surface area contributed by atoms with Gasteiger partial charge in [0.25, 0.3) is 5.91 Å². The average molecular weight is 349 g/mol. The number of anilines is 2. The van der Waals surface area contributed by atoms with Crippen LogP contribution in [0.5, 0.6) is 0 Å². The molecule has 0 fully saturated rings. The molecule has 5 nitrogen and oxygen atoms in total. The van der Waals surface area contributed by atoms with E-state index in [1.54, 1.807) is 0 Å². The van der Waals surface area contributed by atoms with Crippen LogP contribution in [0.3, 0.4) is 0 Å². The van der Waals surface area contributed by atoms with Gasteiger partial charge in [0.1, 0.15) is 5.82 Å². The Morgan fingerprint density at radius 2 is 2.10 bits per heavy atom. The molecule has 0 aliphatic rings. The summed E-state index contributed by atoms with van der Waals surface area (Å²) in [6.07, 6.45) is 1.47. The van der Waals surface area contributed by atoms with Crippen LogP contribution in [0.4, 0.5) is 11.4 Å². The maximum atomic E-state index is 12.3. The molecule has 1 aromatic heterocycles. The summed E-state index contributed by atoms with van der Waals surface area (Å²) in [7, 11) is 0. The summed E-state index contributed by atoms with van der Waals surface area (Å²) in [5.41, 5.74) is 8.05. The van der Waals surface area contributed by atoms with Crippen molar-refractivity contribution in [2.45, 2.75) is 26.7 Å². The number of rotatable bonds is 3. The molecular formula is C15H17BrN4O.